The van der Waals surface area contributed by atoms with Crippen molar-refractivity contribution in [3.63, 3.8) is 0 Å². The summed E-state index contributed by atoms with van der Waals surface area (Å²) in [7, 11) is 0. The van der Waals surface area contributed by atoms with Crippen molar-refractivity contribution in [3.05, 3.63) is 48.0 Å². The molecule has 1 fully saturated rings. The number of ether oxygens (including phenoxy) is 1. The maximum absolute atomic E-state index is 5.91. The number of hydrogen-bond acceptors (Lipinski definition) is 2. The van der Waals surface area contributed by atoms with Crippen LogP contribution in [-0.4, -0.2) is 0 Å². The lowest BCUT2D eigenvalue weighted by molar-refractivity contribution is 0.442. The molecule has 2 nitrogen and oxygen atoms in total. The van der Waals surface area contributed by atoms with E-state index in [4.69, 9.17) is 4.74 Å². The van der Waals surface area contributed by atoms with Crippen molar-refractivity contribution in [2.75, 3.05) is 0 Å². The van der Waals surface area contributed by atoms with Crippen LogP contribution < -0.4 is 10.9 Å². The second-order valence-corrected chi connectivity index (χ2v) is 5.72. The zero-order valence-electron chi connectivity index (χ0n) is 11.8. The summed E-state index contributed by atoms with van der Waals surface area (Å²) in [6.45, 7) is 0. The van der Waals surface area contributed by atoms with Gasteiger partial charge >= 0.3 is 0 Å². The quantitative estimate of drug-likeness (QED) is 0.664. The topological polar surface area (TPSA) is 44.2 Å². The lowest BCUT2D eigenvalue weighted by atomic mass is 9.84. The lowest BCUT2D eigenvalue weighted by Gasteiger charge is -2.22. The number of rotatable bonds is 3. The van der Waals surface area contributed by atoms with Gasteiger partial charge < -0.3 is 10.9 Å². The van der Waals surface area contributed by atoms with Gasteiger partial charge in [-0.05, 0) is 54.2 Å². The van der Waals surface area contributed by atoms with Crippen LogP contribution in [0.4, 0.5) is 0 Å². The second-order valence-electron chi connectivity index (χ2n) is 5.72. The first-order valence-corrected chi connectivity index (χ1v) is 7.32. The molecule has 1 aromatic rings. The largest absolute Gasteiger partial charge is 0.457 e. The molecule has 4 rings (SSSR count). The van der Waals surface area contributed by atoms with Gasteiger partial charge in [0.1, 0.15) is 11.5 Å². The lowest BCUT2D eigenvalue weighted by Crippen LogP contribution is -2.04. The molecule has 0 saturated heterocycles. The Morgan fingerprint density at radius 3 is 2.20 bits per heavy atom. The maximum atomic E-state index is 5.91. The van der Waals surface area contributed by atoms with E-state index >= 15 is 0 Å². The Hall–Kier alpha value is -1.80. The van der Waals surface area contributed by atoms with Crippen molar-refractivity contribution in [3.8, 4) is 22.6 Å². The third-order valence-corrected chi connectivity index (χ3v) is 4.39. The first kappa shape index (κ1) is 13.2. The molecule has 0 aromatic heterocycles. The van der Waals surface area contributed by atoms with Gasteiger partial charge in [-0.1, -0.05) is 37.5 Å². The van der Waals surface area contributed by atoms with E-state index in [1.807, 2.05) is 0 Å². The molecule has 1 aromatic carbocycles. The highest BCUT2D eigenvalue weighted by Crippen LogP contribution is 2.45. The van der Waals surface area contributed by atoms with Gasteiger partial charge in [-0.25, -0.2) is 0 Å². The van der Waals surface area contributed by atoms with Gasteiger partial charge in [0.25, 0.3) is 0 Å². The molecule has 0 amide bonds. The smallest absolute Gasteiger partial charge is 0.135 e. The Balaban J connectivity index is 0.00000121. The summed E-state index contributed by atoms with van der Waals surface area (Å²) in [5.74, 6) is 2.72. The molecule has 3 aliphatic rings. The molecular weight excluding hydrogens is 246 g/mol. The standard InChI is InChI=1S/C18H18O.H3N/c1-2-4-13(5-3-1)14-6-9-16(10-7-14)19-18-11-8-15-12-17(15)18;/h6-13H,1-5H2;1H3. The molecule has 0 unspecified atom stereocenters. The number of fused-ring (bicyclic) bond motifs is 1. The van der Waals surface area contributed by atoms with Crippen LogP contribution in [-0.2, 0) is 0 Å². The van der Waals surface area contributed by atoms with Crippen molar-refractivity contribution < 1.29 is 4.74 Å². The Bertz CT molecular complexity index is 597. The average Bonchev–Trinajstić information content (AvgIpc) is 3.16. The summed E-state index contributed by atoms with van der Waals surface area (Å²) < 4.78 is 5.91. The fraction of sp³-hybridized carbons (Fsp3) is 0.333. The van der Waals surface area contributed by atoms with E-state index < -0.39 is 0 Å². The van der Waals surface area contributed by atoms with E-state index in [0.717, 1.165) is 17.4 Å². The Morgan fingerprint density at radius 2 is 1.60 bits per heavy atom. The average molecular weight is 267 g/mol. The number of hydrogen-bond donors (Lipinski definition) is 1. The van der Waals surface area contributed by atoms with Crippen LogP contribution in [0.25, 0.3) is 11.1 Å². The Morgan fingerprint density at radius 1 is 0.850 bits per heavy atom. The summed E-state index contributed by atoms with van der Waals surface area (Å²) in [6.07, 6.45) is 6.89. The van der Waals surface area contributed by atoms with E-state index in [1.54, 1.807) is 0 Å². The molecule has 0 heterocycles. The van der Waals surface area contributed by atoms with Crippen LogP contribution in [0.5, 0.6) is 11.5 Å². The van der Waals surface area contributed by atoms with Crippen LogP contribution in [0.3, 0.4) is 0 Å². The first-order valence-electron chi connectivity index (χ1n) is 7.32. The molecule has 0 spiro atoms. The van der Waals surface area contributed by atoms with Gasteiger partial charge in [0.2, 0.25) is 0 Å². The predicted octanol–water partition coefficient (Wildman–Crippen LogP) is 5.67. The summed E-state index contributed by atoms with van der Waals surface area (Å²) in [4.78, 5) is 0. The highest BCUT2D eigenvalue weighted by Gasteiger charge is 2.19. The third-order valence-electron chi connectivity index (χ3n) is 4.39. The van der Waals surface area contributed by atoms with Gasteiger partial charge in [0.15, 0.2) is 0 Å². The normalized spacial score (nSPS) is 16.4. The third kappa shape index (κ3) is 2.44. The highest BCUT2D eigenvalue weighted by atomic mass is 16.5. The van der Waals surface area contributed by atoms with Crippen LogP contribution in [0.1, 0.15) is 43.6 Å². The minimum absolute atomic E-state index is 0. The first-order chi connectivity index (χ1) is 9.40. The maximum Gasteiger partial charge on any atom is 0.135 e. The molecule has 104 valence electrons. The summed E-state index contributed by atoms with van der Waals surface area (Å²) in [5, 5.41) is 0. The molecule has 0 radical (unpaired) electrons. The van der Waals surface area contributed by atoms with E-state index in [9.17, 15) is 0 Å². The van der Waals surface area contributed by atoms with Gasteiger partial charge in [-0.2, -0.15) is 0 Å². The van der Waals surface area contributed by atoms with Gasteiger partial charge in [-0.15, -0.1) is 0 Å². The van der Waals surface area contributed by atoms with E-state index in [0.29, 0.717) is 0 Å². The SMILES string of the molecule is N.c1cc(C2CCCCC2)ccc1Oc1ccc2cc1-2. The Labute approximate surface area is 120 Å². The molecular formula is C18H21NO. The van der Waals surface area contributed by atoms with Crippen LogP contribution in [0.2, 0.25) is 0 Å². The van der Waals surface area contributed by atoms with Crippen LogP contribution in [0.15, 0.2) is 42.5 Å². The summed E-state index contributed by atoms with van der Waals surface area (Å²) in [6, 6.07) is 15.1. The second kappa shape index (κ2) is 5.29. The molecule has 3 aliphatic carbocycles. The van der Waals surface area contributed by atoms with Crippen molar-refractivity contribution in [2.45, 2.75) is 38.0 Å². The number of benzene rings is 2. The van der Waals surface area contributed by atoms with Crippen molar-refractivity contribution >= 4 is 0 Å². The monoisotopic (exact) mass is 267 g/mol. The predicted molar refractivity (Wildman–Crippen MR) is 82.8 cm³/mol. The molecule has 20 heavy (non-hydrogen) atoms. The van der Waals surface area contributed by atoms with Crippen molar-refractivity contribution in [1.82, 2.24) is 6.15 Å². The summed E-state index contributed by atoms with van der Waals surface area (Å²) in [5.41, 5.74) is 4.09. The minimum Gasteiger partial charge on any atom is -0.457 e. The van der Waals surface area contributed by atoms with E-state index in [-0.39, 0.29) is 6.15 Å². The summed E-state index contributed by atoms with van der Waals surface area (Å²) >= 11 is 0. The van der Waals surface area contributed by atoms with Crippen LogP contribution >= 0.6 is 0 Å². The molecule has 1 saturated carbocycles. The zero-order valence-corrected chi connectivity index (χ0v) is 11.8. The molecule has 2 heteroatoms. The molecule has 0 bridgehead atoms. The van der Waals surface area contributed by atoms with E-state index in [1.165, 1.54) is 48.8 Å². The molecule has 0 atom stereocenters. The molecule has 0 aliphatic heterocycles. The van der Waals surface area contributed by atoms with E-state index in [2.05, 4.69) is 42.5 Å². The van der Waals surface area contributed by atoms with Gasteiger partial charge in [0, 0.05) is 5.56 Å². The Kier molecular flexibility index (Phi) is 3.49. The fourth-order valence-electron chi connectivity index (χ4n) is 3.19. The van der Waals surface area contributed by atoms with Gasteiger partial charge in [-0.3, -0.25) is 0 Å². The van der Waals surface area contributed by atoms with Crippen LogP contribution in [0, 0.1) is 0 Å². The molecule has 3 N–H and O–H groups in total. The highest BCUT2D eigenvalue weighted by molar-refractivity contribution is 5.87. The van der Waals surface area contributed by atoms with Crippen molar-refractivity contribution in [2.24, 2.45) is 0 Å². The fourth-order valence-corrected chi connectivity index (χ4v) is 3.19. The zero-order chi connectivity index (χ0) is 12.7. The van der Waals surface area contributed by atoms with Crippen molar-refractivity contribution in [1.29, 1.82) is 0 Å². The van der Waals surface area contributed by atoms with Gasteiger partial charge in [0.05, 0.1) is 0 Å². The minimum atomic E-state index is 0.